The first-order chi connectivity index (χ1) is 9.40. The number of carboxylic acids is 1. The van der Waals surface area contributed by atoms with Crippen LogP contribution in [-0.4, -0.2) is 36.1 Å². The van der Waals surface area contributed by atoms with Crippen LogP contribution in [0.3, 0.4) is 0 Å². The third-order valence-corrected chi connectivity index (χ3v) is 3.47. The lowest BCUT2D eigenvalue weighted by Crippen LogP contribution is -2.37. The predicted octanol–water partition coefficient (Wildman–Crippen LogP) is 0.552. The summed E-state index contributed by atoms with van der Waals surface area (Å²) in [6, 6.07) is 1.04. The summed E-state index contributed by atoms with van der Waals surface area (Å²) in [7, 11) is 0. The highest BCUT2D eigenvalue weighted by Gasteiger charge is 2.10. The normalized spacial score (nSPS) is 10.4. The van der Waals surface area contributed by atoms with Crippen molar-refractivity contribution in [1.29, 1.82) is 0 Å². The Morgan fingerprint density at radius 3 is 2.60 bits per heavy atom. The Balaban J connectivity index is 2.59. The van der Waals surface area contributed by atoms with Crippen LogP contribution in [0.5, 0.6) is 0 Å². The average Bonchev–Trinajstić information content (AvgIpc) is 2.73. The Morgan fingerprint density at radius 1 is 1.35 bits per heavy atom. The molecule has 1 aromatic heterocycles. The van der Waals surface area contributed by atoms with Crippen molar-refractivity contribution in [3.63, 3.8) is 0 Å². The number of aryl methyl sites for hydroxylation is 1. The molecule has 0 saturated carbocycles. The summed E-state index contributed by atoms with van der Waals surface area (Å²) < 4.78 is 0. The van der Waals surface area contributed by atoms with Crippen molar-refractivity contribution < 1.29 is 19.5 Å². The molecule has 0 fully saturated rings. The van der Waals surface area contributed by atoms with Crippen LogP contribution in [0.1, 0.15) is 20.1 Å². The Labute approximate surface area is 119 Å². The van der Waals surface area contributed by atoms with Crippen molar-refractivity contribution in [1.82, 2.24) is 10.6 Å². The quantitative estimate of drug-likeness (QED) is 0.452. The predicted molar refractivity (Wildman–Crippen MR) is 75.6 cm³/mol. The number of carbonyl (C=O) groups excluding carboxylic acids is 2. The first-order valence-electron chi connectivity index (χ1n) is 5.73. The summed E-state index contributed by atoms with van der Waals surface area (Å²) >= 11 is 1.20. The van der Waals surface area contributed by atoms with E-state index in [9.17, 15) is 14.4 Å². The molecule has 0 saturated heterocycles. The number of amides is 3. The van der Waals surface area contributed by atoms with Crippen molar-refractivity contribution >= 4 is 35.3 Å². The van der Waals surface area contributed by atoms with Crippen molar-refractivity contribution in [3.05, 3.63) is 27.5 Å². The highest BCUT2D eigenvalue weighted by atomic mass is 32.1. The molecule has 20 heavy (non-hydrogen) atoms. The molecule has 8 heteroatoms. The van der Waals surface area contributed by atoms with E-state index in [1.165, 1.54) is 17.4 Å². The number of nitrogens with two attached hydrogens (primary N) is 1. The summed E-state index contributed by atoms with van der Waals surface area (Å²) in [6.07, 6.45) is 2.48. The van der Waals surface area contributed by atoms with Gasteiger partial charge in [-0.2, -0.15) is 0 Å². The number of rotatable bonds is 6. The Bertz CT molecular complexity index is 551. The minimum absolute atomic E-state index is 0.247. The zero-order chi connectivity index (χ0) is 15.1. The van der Waals surface area contributed by atoms with E-state index >= 15 is 0 Å². The van der Waals surface area contributed by atoms with Crippen LogP contribution >= 0.6 is 11.3 Å². The van der Waals surface area contributed by atoms with Crippen LogP contribution in [0.15, 0.2) is 12.1 Å². The van der Waals surface area contributed by atoms with E-state index in [-0.39, 0.29) is 19.0 Å². The fraction of sp³-hybridized carbons (Fsp3) is 0.250. The van der Waals surface area contributed by atoms with Crippen molar-refractivity contribution in [2.24, 2.45) is 5.73 Å². The number of nitrogens with one attached hydrogen (secondary N) is 2. The summed E-state index contributed by atoms with van der Waals surface area (Å²) in [5, 5.41) is 13.5. The van der Waals surface area contributed by atoms with Crippen LogP contribution in [0.4, 0.5) is 4.79 Å². The third-order valence-electron chi connectivity index (χ3n) is 2.27. The lowest BCUT2D eigenvalue weighted by Gasteiger charge is -2.03. The number of hydrogen-bond acceptors (Lipinski definition) is 4. The minimum atomic E-state index is -1.04. The lowest BCUT2D eigenvalue weighted by atomic mass is 10.2. The molecule has 1 heterocycles. The van der Waals surface area contributed by atoms with Gasteiger partial charge in [0, 0.05) is 24.0 Å². The fourth-order valence-electron chi connectivity index (χ4n) is 1.37. The van der Waals surface area contributed by atoms with Gasteiger partial charge in [-0.25, -0.2) is 9.59 Å². The van der Waals surface area contributed by atoms with Gasteiger partial charge in [0.15, 0.2) is 0 Å². The van der Waals surface area contributed by atoms with Gasteiger partial charge in [0.1, 0.15) is 0 Å². The summed E-state index contributed by atoms with van der Waals surface area (Å²) in [5.74, 6) is -1.32. The molecule has 3 amide bonds. The van der Waals surface area contributed by atoms with E-state index < -0.39 is 12.0 Å². The molecule has 108 valence electrons. The molecule has 0 aliphatic heterocycles. The van der Waals surface area contributed by atoms with E-state index in [1.54, 1.807) is 13.0 Å². The van der Waals surface area contributed by atoms with Gasteiger partial charge in [0.05, 0.1) is 4.88 Å². The largest absolute Gasteiger partial charge is 0.478 e. The first-order valence-corrected chi connectivity index (χ1v) is 6.54. The number of primary amides is 1. The highest BCUT2D eigenvalue weighted by molar-refractivity contribution is 7.15. The number of carboxylic acid groups (broad SMARTS) is 1. The second-order valence-electron chi connectivity index (χ2n) is 3.88. The maximum absolute atomic E-state index is 11.8. The molecule has 0 spiro atoms. The smallest absolute Gasteiger partial charge is 0.328 e. The second-order valence-corrected chi connectivity index (χ2v) is 4.96. The van der Waals surface area contributed by atoms with Crippen molar-refractivity contribution in [3.8, 4) is 0 Å². The number of thiophene rings is 1. The van der Waals surface area contributed by atoms with Gasteiger partial charge in [0.25, 0.3) is 5.91 Å². The van der Waals surface area contributed by atoms with Gasteiger partial charge in [-0.05, 0) is 24.6 Å². The van der Waals surface area contributed by atoms with Crippen LogP contribution < -0.4 is 16.4 Å². The van der Waals surface area contributed by atoms with E-state index in [1.807, 2.05) is 0 Å². The molecular formula is C12H15N3O4S. The van der Waals surface area contributed by atoms with E-state index in [4.69, 9.17) is 10.8 Å². The molecule has 0 unspecified atom stereocenters. The molecule has 0 aromatic carbocycles. The number of aliphatic carboxylic acids is 1. The van der Waals surface area contributed by atoms with E-state index in [2.05, 4.69) is 10.6 Å². The molecule has 0 aliphatic carbocycles. The Morgan fingerprint density at radius 2 is 2.00 bits per heavy atom. The van der Waals surface area contributed by atoms with Gasteiger partial charge >= 0.3 is 12.0 Å². The highest BCUT2D eigenvalue weighted by Crippen LogP contribution is 2.23. The topological polar surface area (TPSA) is 122 Å². The minimum Gasteiger partial charge on any atom is -0.478 e. The molecule has 0 aliphatic rings. The van der Waals surface area contributed by atoms with Crippen LogP contribution in [0.2, 0.25) is 0 Å². The van der Waals surface area contributed by atoms with Gasteiger partial charge in [-0.1, -0.05) is 0 Å². The molecule has 7 nitrogen and oxygen atoms in total. The average molecular weight is 297 g/mol. The maximum atomic E-state index is 11.8. The molecule has 5 N–H and O–H groups in total. The Hall–Kier alpha value is -2.35. The lowest BCUT2D eigenvalue weighted by molar-refractivity contribution is -0.131. The maximum Gasteiger partial charge on any atom is 0.328 e. The van der Waals surface area contributed by atoms with Crippen LogP contribution in [0, 0.1) is 6.92 Å². The fourth-order valence-corrected chi connectivity index (χ4v) is 2.36. The molecule has 0 radical (unpaired) electrons. The monoisotopic (exact) mass is 297 g/mol. The van der Waals surface area contributed by atoms with E-state index in [0.29, 0.717) is 9.75 Å². The van der Waals surface area contributed by atoms with Gasteiger partial charge in [0.2, 0.25) is 0 Å². The van der Waals surface area contributed by atoms with Crippen LogP contribution in [-0.2, 0) is 4.79 Å². The standard InChI is InChI=1S/C12H15N3O4S/c1-7-6-9(20-8(7)2-3-10(16)17)11(18)14-4-5-15-12(13)19/h2-3,6H,4-5H2,1H3,(H,14,18)(H,16,17)(H3,13,15,19)/b3-2+. The van der Waals surface area contributed by atoms with Gasteiger partial charge in [-0.15, -0.1) is 11.3 Å². The second kappa shape index (κ2) is 7.29. The summed E-state index contributed by atoms with van der Waals surface area (Å²) in [4.78, 5) is 33.9. The molecular weight excluding hydrogens is 282 g/mol. The number of urea groups is 1. The summed E-state index contributed by atoms with van der Waals surface area (Å²) in [6.45, 7) is 2.31. The first kappa shape index (κ1) is 15.7. The number of carbonyl (C=O) groups is 3. The van der Waals surface area contributed by atoms with Crippen molar-refractivity contribution in [2.45, 2.75) is 6.92 Å². The Kier molecular flexibility index (Phi) is 5.73. The summed E-state index contributed by atoms with van der Waals surface area (Å²) in [5.41, 5.74) is 5.71. The van der Waals surface area contributed by atoms with Crippen molar-refractivity contribution in [2.75, 3.05) is 13.1 Å². The van der Waals surface area contributed by atoms with Gasteiger partial charge in [-0.3, -0.25) is 4.79 Å². The molecule has 1 rings (SSSR count). The van der Waals surface area contributed by atoms with Crippen LogP contribution in [0.25, 0.3) is 6.08 Å². The van der Waals surface area contributed by atoms with Gasteiger partial charge < -0.3 is 21.5 Å². The SMILES string of the molecule is Cc1cc(C(=O)NCCNC(N)=O)sc1/C=C/C(=O)O. The molecule has 1 aromatic rings. The molecule has 0 bridgehead atoms. The zero-order valence-corrected chi connectivity index (χ0v) is 11.6. The third kappa shape index (κ3) is 5.11. The molecule has 0 atom stereocenters. The van der Waals surface area contributed by atoms with E-state index in [0.717, 1.165) is 11.6 Å². The number of hydrogen-bond donors (Lipinski definition) is 4. The zero-order valence-electron chi connectivity index (χ0n) is 10.8.